The Morgan fingerprint density at radius 3 is 2.80 bits per heavy atom. The van der Waals surface area contributed by atoms with E-state index in [1.165, 1.54) is 12.8 Å². The fraction of sp³-hybridized carbons (Fsp3) is 0.625. The smallest absolute Gasteiger partial charge is 0.0640 e. The molecule has 4 heteroatoms. The van der Waals surface area contributed by atoms with E-state index in [9.17, 15) is 0 Å². The van der Waals surface area contributed by atoms with Crippen molar-refractivity contribution in [3.8, 4) is 0 Å². The van der Waals surface area contributed by atoms with E-state index in [1.807, 2.05) is 12.1 Å². The van der Waals surface area contributed by atoms with Crippen molar-refractivity contribution in [2.75, 3.05) is 20.1 Å². The molecule has 1 N–H and O–H groups in total. The lowest BCUT2D eigenvalue weighted by Crippen LogP contribution is -2.41. The second-order valence-electron chi connectivity index (χ2n) is 6.03. The molecule has 20 heavy (non-hydrogen) atoms. The number of piperidine rings is 1. The molecule has 1 fully saturated rings. The maximum atomic E-state index is 6.44. The fourth-order valence-corrected chi connectivity index (χ4v) is 3.52. The second-order valence-corrected chi connectivity index (χ2v) is 6.82. The summed E-state index contributed by atoms with van der Waals surface area (Å²) in [5.74, 6) is 0.576. The van der Waals surface area contributed by atoms with Crippen LogP contribution in [0.5, 0.6) is 0 Å². The molecule has 0 bridgehead atoms. The lowest BCUT2D eigenvalue weighted by atomic mass is 9.84. The van der Waals surface area contributed by atoms with Crippen LogP contribution in [-0.4, -0.2) is 31.1 Å². The summed E-state index contributed by atoms with van der Waals surface area (Å²) in [4.78, 5) is 2.41. The number of nitrogens with one attached hydrogen (secondary N) is 1. The van der Waals surface area contributed by atoms with Gasteiger partial charge in [-0.05, 0) is 44.0 Å². The Morgan fingerprint density at radius 2 is 2.10 bits per heavy atom. The van der Waals surface area contributed by atoms with Crippen LogP contribution in [0.2, 0.25) is 10.0 Å². The predicted molar refractivity (Wildman–Crippen MR) is 87.7 cm³/mol. The number of likely N-dealkylation sites (tertiary alicyclic amines) is 1. The van der Waals surface area contributed by atoms with Gasteiger partial charge in [0.05, 0.1) is 10.0 Å². The zero-order valence-corrected chi connectivity index (χ0v) is 14.0. The van der Waals surface area contributed by atoms with E-state index in [1.54, 1.807) is 0 Å². The SMILES string of the molecule is CC(C)NCC1CCCN(C)C1c1cccc(Cl)c1Cl. The molecule has 2 nitrogen and oxygen atoms in total. The molecule has 0 amide bonds. The molecule has 2 unspecified atom stereocenters. The number of hydrogen-bond acceptors (Lipinski definition) is 2. The van der Waals surface area contributed by atoms with Gasteiger partial charge >= 0.3 is 0 Å². The number of nitrogens with zero attached hydrogens (tertiary/aromatic N) is 1. The summed E-state index contributed by atoms with van der Waals surface area (Å²) >= 11 is 12.6. The molecule has 1 aliphatic rings. The largest absolute Gasteiger partial charge is 0.314 e. The average molecular weight is 315 g/mol. The van der Waals surface area contributed by atoms with Gasteiger partial charge in [0.15, 0.2) is 0 Å². The number of rotatable bonds is 4. The molecular weight excluding hydrogens is 291 g/mol. The van der Waals surface area contributed by atoms with Gasteiger partial charge in [0.25, 0.3) is 0 Å². The van der Waals surface area contributed by atoms with Crippen LogP contribution in [-0.2, 0) is 0 Å². The molecule has 1 saturated heterocycles. The Bertz CT molecular complexity index is 448. The van der Waals surface area contributed by atoms with Crippen LogP contribution >= 0.6 is 23.2 Å². The van der Waals surface area contributed by atoms with Crippen LogP contribution in [0.15, 0.2) is 18.2 Å². The maximum absolute atomic E-state index is 6.44. The molecule has 0 saturated carbocycles. The van der Waals surface area contributed by atoms with Gasteiger partial charge in [-0.15, -0.1) is 0 Å². The minimum Gasteiger partial charge on any atom is -0.314 e. The van der Waals surface area contributed by atoms with Gasteiger partial charge in [0, 0.05) is 18.6 Å². The van der Waals surface area contributed by atoms with Crippen LogP contribution in [0.25, 0.3) is 0 Å². The first-order chi connectivity index (χ1) is 9.50. The van der Waals surface area contributed by atoms with Gasteiger partial charge in [0.2, 0.25) is 0 Å². The molecule has 1 heterocycles. The van der Waals surface area contributed by atoms with Crippen molar-refractivity contribution >= 4 is 23.2 Å². The fourth-order valence-electron chi connectivity index (χ4n) is 3.10. The van der Waals surface area contributed by atoms with Crippen molar-refractivity contribution in [3.05, 3.63) is 33.8 Å². The zero-order valence-electron chi connectivity index (χ0n) is 12.5. The van der Waals surface area contributed by atoms with Crippen molar-refractivity contribution in [2.45, 2.75) is 38.8 Å². The minimum atomic E-state index is 0.348. The summed E-state index contributed by atoms with van der Waals surface area (Å²) in [7, 11) is 2.18. The second kappa shape index (κ2) is 7.13. The molecule has 2 rings (SSSR count). The third-order valence-electron chi connectivity index (χ3n) is 4.10. The predicted octanol–water partition coefficient (Wildman–Crippen LogP) is 4.37. The highest BCUT2D eigenvalue weighted by Gasteiger charge is 2.32. The van der Waals surface area contributed by atoms with E-state index in [-0.39, 0.29) is 0 Å². The Labute approximate surface area is 132 Å². The van der Waals surface area contributed by atoms with Gasteiger partial charge in [-0.1, -0.05) is 49.2 Å². The van der Waals surface area contributed by atoms with Crippen LogP contribution in [0.3, 0.4) is 0 Å². The summed E-state index contributed by atoms with van der Waals surface area (Å²) in [5.41, 5.74) is 1.16. The lowest BCUT2D eigenvalue weighted by Gasteiger charge is -2.40. The Kier molecular flexibility index (Phi) is 5.74. The monoisotopic (exact) mass is 314 g/mol. The van der Waals surface area contributed by atoms with Crippen molar-refractivity contribution in [1.29, 1.82) is 0 Å². The number of halogens is 2. The van der Waals surface area contributed by atoms with Gasteiger partial charge in [-0.25, -0.2) is 0 Å². The topological polar surface area (TPSA) is 15.3 Å². The van der Waals surface area contributed by atoms with E-state index >= 15 is 0 Å². The van der Waals surface area contributed by atoms with E-state index in [2.05, 4.69) is 37.2 Å². The van der Waals surface area contributed by atoms with Gasteiger partial charge in [-0.3, -0.25) is 4.90 Å². The highest BCUT2D eigenvalue weighted by atomic mass is 35.5. The van der Waals surface area contributed by atoms with E-state index in [0.717, 1.165) is 18.7 Å². The summed E-state index contributed by atoms with van der Waals surface area (Å²) in [6, 6.07) is 6.83. The highest BCUT2D eigenvalue weighted by molar-refractivity contribution is 6.42. The van der Waals surface area contributed by atoms with E-state index in [4.69, 9.17) is 23.2 Å². The third-order valence-corrected chi connectivity index (χ3v) is 4.93. The molecular formula is C16H24Cl2N2. The number of benzene rings is 1. The lowest BCUT2D eigenvalue weighted by molar-refractivity contribution is 0.118. The molecule has 0 spiro atoms. The average Bonchev–Trinajstić information content (AvgIpc) is 2.40. The van der Waals surface area contributed by atoms with Crippen LogP contribution in [0, 0.1) is 5.92 Å². The third kappa shape index (κ3) is 3.67. The van der Waals surface area contributed by atoms with Crippen molar-refractivity contribution in [1.82, 2.24) is 10.2 Å². The first kappa shape index (κ1) is 16.1. The first-order valence-electron chi connectivity index (χ1n) is 7.38. The van der Waals surface area contributed by atoms with Crippen LogP contribution in [0.4, 0.5) is 0 Å². The van der Waals surface area contributed by atoms with Gasteiger partial charge in [0.1, 0.15) is 0 Å². The quantitative estimate of drug-likeness (QED) is 0.887. The van der Waals surface area contributed by atoms with Crippen LogP contribution in [0.1, 0.15) is 38.3 Å². The summed E-state index contributed by atoms with van der Waals surface area (Å²) < 4.78 is 0. The molecule has 2 atom stereocenters. The summed E-state index contributed by atoms with van der Waals surface area (Å²) in [6.45, 7) is 6.52. The van der Waals surface area contributed by atoms with Crippen molar-refractivity contribution in [3.63, 3.8) is 0 Å². The summed E-state index contributed by atoms with van der Waals surface area (Å²) in [5, 5.41) is 4.93. The molecule has 0 radical (unpaired) electrons. The van der Waals surface area contributed by atoms with E-state index in [0.29, 0.717) is 28.0 Å². The summed E-state index contributed by atoms with van der Waals surface area (Å²) in [6.07, 6.45) is 2.48. The number of hydrogen-bond donors (Lipinski definition) is 1. The Hall–Kier alpha value is -0.280. The van der Waals surface area contributed by atoms with Crippen molar-refractivity contribution in [2.24, 2.45) is 5.92 Å². The maximum Gasteiger partial charge on any atom is 0.0640 e. The molecule has 1 aliphatic heterocycles. The van der Waals surface area contributed by atoms with Gasteiger partial charge in [-0.2, -0.15) is 0 Å². The Balaban J connectivity index is 2.25. The first-order valence-corrected chi connectivity index (χ1v) is 8.13. The molecule has 112 valence electrons. The zero-order chi connectivity index (χ0) is 14.7. The molecule has 0 aromatic heterocycles. The van der Waals surface area contributed by atoms with Crippen molar-refractivity contribution < 1.29 is 0 Å². The molecule has 1 aromatic carbocycles. The standard InChI is InChI=1S/C16H24Cl2N2/c1-11(2)19-10-12-6-5-9-20(3)16(12)13-7-4-8-14(17)15(13)18/h4,7-8,11-12,16,19H,5-6,9-10H2,1-3H3. The minimum absolute atomic E-state index is 0.348. The Morgan fingerprint density at radius 1 is 1.35 bits per heavy atom. The van der Waals surface area contributed by atoms with Gasteiger partial charge < -0.3 is 5.32 Å². The highest BCUT2D eigenvalue weighted by Crippen LogP contribution is 2.40. The molecule has 0 aliphatic carbocycles. The van der Waals surface area contributed by atoms with Crippen LogP contribution < -0.4 is 5.32 Å². The normalized spacial score (nSPS) is 24.3. The molecule has 1 aromatic rings. The van der Waals surface area contributed by atoms with E-state index < -0.39 is 0 Å².